The van der Waals surface area contributed by atoms with Gasteiger partial charge in [0.25, 0.3) is 0 Å². The van der Waals surface area contributed by atoms with Crippen molar-refractivity contribution in [1.29, 1.82) is 0 Å². The van der Waals surface area contributed by atoms with Crippen molar-refractivity contribution >= 4 is 17.9 Å². The molecule has 0 aromatic rings. The summed E-state index contributed by atoms with van der Waals surface area (Å²) in [7, 11) is 3.80. The fraction of sp³-hybridized carbons (Fsp3) is 0.844. The number of esters is 2. The van der Waals surface area contributed by atoms with Crippen LogP contribution in [0.4, 0.5) is 0 Å². The van der Waals surface area contributed by atoms with Crippen LogP contribution in [0.2, 0.25) is 0 Å². The zero-order valence-electron chi connectivity index (χ0n) is 34.8. The van der Waals surface area contributed by atoms with Crippen molar-refractivity contribution in [1.82, 2.24) is 0 Å². The molecule has 0 fully saturated rings. The van der Waals surface area contributed by atoms with Crippen molar-refractivity contribution in [3.05, 3.63) is 24.3 Å². The summed E-state index contributed by atoms with van der Waals surface area (Å²) < 4.78 is 11.7. The Morgan fingerprint density at radius 3 is 1.31 bits per heavy atom. The van der Waals surface area contributed by atoms with Crippen molar-refractivity contribution in [3.8, 4) is 0 Å². The highest BCUT2D eigenvalue weighted by Gasteiger charge is 2.28. The van der Waals surface area contributed by atoms with E-state index < -0.39 is 18.0 Å². The number of carboxylic acids is 1. The molecule has 0 aliphatic rings. The molecule has 2 unspecified atom stereocenters. The van der Waals surface area contributed by atoms with Crippen LogP contribution in [0.5, 0.6) is 0 Å². The Labute approximate surface area is 321 Å². The molecule has 304 valence electrons. The molecule has 7 nitrogen and oxygen atoms in total. The lowest BCUT2D eigenvalue weighted by Gasteiger charge is -2.35. The van der Waals surface area contributed by atoms with Crippen LogP contribution in [0.1, 0.15) is 201 Å². The average molecular weight is 734 g/mol. The standard InChI is InChI=1S/C45H83NO6/c1-6-8-10-12-14-16-18-20-22-24-26-28-30-32-34-36-43(47)51-40-42(39-46(4,5)38-41(3)45(49)50)52-44(48)37-35-33-31-29-27-25-23-21-19-17-15-13-11-9-7-2/h20-23,41-42H,6-19,24-40H2,1-5H3/b22-20-,23-21-. The molecule has 52 heavy (non-hydrogen) atoms. The number of rotatable bonds is 38. The molecule has 0 N–H and O–H groups in total. The third kappa shape index (κ3) is 34.9. The van der Waals surface area contributed by atoms with E-state index in [2.05, 4.69) is 38.2 Å². The molecule has 0 saturated carbocycles. The molecule has 0 spiro atoms. The lowest BCUT2D eigenvalue weighted by molar-refractivity contribution is -0.895. The first-order valence-electron chi connectivity index (χ1n) is 21.8. The molecule has 0 aromatic heterocycles. The number of allylic oxidation sites excluding steroid dienone is 4. The highest BCUT2D eigenvalue weighted by Crippen LogP contribution is 2.15. The number of quaternary nitrogens is 1. The van der Waals surface area contributed by atoms with E-state index in [1.165, 1.54) is 109 Å². The summed E-state index contributed by atoms with van der Waals surface area (Å²) in [5.41, 5.74) is 0. The number of aliphatic carboxylic acids is 1. The minimum absolute atomic E-state index is 0.0105. The number of unbranched alkanes of at least 4 members (excludes halogenated alkanes) is 22. The quantitative estimate of drug-likeness (QED) is 0.0271. The van der Waals surface area contributed by atoms with Gasteiger partial charge in [-0.1, -0.05) is 148 Å². The largest absolute Gasteiger partial charge is 0.550 e. The number of nitrogens with zero attached hydrogens (tertiary/aromatic N) is 1. The monoisotopic (exact) mass is 734 g/mol. The molecule has 0 bridgehead atoms. The maximum atomic E-state index is 12.8. The van der Waals surface area contributed by atoms with Gasteiger partial charge in [0.2, 0.25) is 0 Å². The van der Waals surface area contributed by atoms with Gasteiger partial charge in [-0.2, -0.15) is 0 Å². The Morgan fingerprint density at radius 2 is 0.904 bits per heavy atom. The minimum Gasteiger partial charge on any atom is -0.550 e. The third-order valence-corrected chi connectivity index (χ3v) is 9.88. The second-order valence-corrected chi connectivity index (χ2v) is 16.0. The van der Waals surface area contributed by atoms with Gasteiger partial charge in [0.15, 0.2) is 6.10 Å². The topological polar surface area (TPSA) is 92.7 Å². The summed E-state index contributed by atoms with van der Waals surface area (Å²) in [4.78, 5) is 36.7. The van der Waals surface area contributed by atoms with E-state index in [1.54, 1.807) is 6.92 Å². The van der Waals surface area contributed by atoms with Crippen molar-refractivity contribution in [3.63, 3.8) is 0 Å². The fourth-order valence-corrected chi connectivity index (χ4v) is 6.75. The number of carboxylic acid groups (broad SMARTS) is 1. The number of hydrogen-bond donors (Lipinski definition) is 0. The zero-order chi connectivity index (χ0) is 38.5. The molecule has 7 heteroatoms. The van der Waals surface area contributed by atoms with Crippen LogP contribution in [0, 0.1) is 5.92 Å². The zero-order valence-corrected chi connectivity index (χ0v) is 34.8. The van der Waals surface area contributed by atoms with Gasteiger partial charge in [-0.05, 0) is 64.2 Å². The first kappa shape index (κ1) is 49.9. The normalized spacial score (nSPS) is 13.2. The van der Waals surface area contributed by atoms with Gasteiger partial charge in [0.05, 0.1) is 20.6 Å². The second kappa shape index (κ2) is 35.9. The molecule has 0 rings (SSSR count). The van der Waals surface area contributed by atoms with Gasteiger partial charge in [-0.3, -0.25) is 9.59 Å². The van der Waals surface area contributed by atoms with Gasteiger partial charge >= 0.3 is 11.9 Å². The SMILES string of the molecule is CCCCCCCC/C=C\CCCCCCCC(=O)OCC(C[N+](C)(C)CC(C)C(=O)[O-])OC(=O)CCCCCCC/C=C\CCCCCCCC. The number of likely N-dealkylation sites (N-methyl/N-ethyl adjacent to an activating group) is 1. The summed E-state index contributed by atoms with van der Waals surface area (Å²) in [5.74, 6) is -2.31. The van der Waals surface area contributed by atoms with Gasteiger partial charge in [-0.25, -0.2) is 0 Å². The Bertz CT molecular complexity index is 913. The average Bonchev–Trinajstić information content (AvgIpc) is 3.10. The van der Waals surface area contributed by atoms with Gasteiger partial charge in [-0.15, -0.1) is 0 Å². The molecule has 0 amide bonds. The highest BCUT2D eigenvalue weighted by atomic mass is 16.6. The molecule has 2 atom stereocenters. The van der Waals surface area contributed by atoms with Crippen LogP contribution in [-0.2, 0) is 23.9 Å². The van der Waals surface area contributed by atoms with Crippen molar-refractivity contribution in [2.24, 2.45) is 5.92 Å². The smallest absolute Gasteiger partial charge is 0.306 e. The first-order valence-corrected chi connectivity index (χ1v) is 21.8. The molecule has 0 aliphatic carbocycles. The number of carbonyl (C=O) groups excluding carboxylic acids is 3. The molecule has 0 heterocycles. The lowest BCUT2D eigenvalue weighted by Crippen LogP contribution is -2.52. The predicted octanol–water partition coefficient (Wildman–Crippen LogP) is 11.0. The third-order valence-electron chi connectivity index (χ3n) is 9.88. The van der Waals surface area contributed by atoms with Gasteiger partial charge in [0, 0.05) is 24.7 Å². The fourth-order valence-electron chi connectivity index (χ4n) is 6.75. The van der Waals surface area contributed by atoms with Crippen molar-refractivity contribution < 1.29 is 33.4 Å². The lowest BCUT2D eigenvalue weighted by atomic mass is 10.1. The van der Waals surface area contributed by atoms with Crippen LogP contribution in [0.3, 0.4) is 0 Å². The van der Waals surface area contributed by atoms with Gasteiger partial charge < -0.3 is 23.9 Å². The van der Waals surface area contributed by atoms with Crippen molar-refractivity contribution in [2.45, 2.75) is 207 Å². The Morgan fingerprint density at radius 1 is 0.538 bits per heavy atom. The maximum Gasteiger partial charge on any atom is 0.306 e. The molecule has 0 radical (unpaired) electrons. The number of carbonyl (C=O) groups is 3. The summed E-state index contributed by atoms with van der Waals surface area (Å²) in [5, 5.41) is 11.4. The number of ether oxygens (including phenoxy) is 2. The highest BCUT2D eigenvalue weighted by molar-refractivity contribution is 5.70. The second-order valence-electron chi connectivity index (χ2n) is 16.0. The Kier molecular flexibility index (Phi) is 34.4. The van der Waals surface area contributed by atoms with Crippen LogP contribution in [0.25, 0.3) is 0 Å². The van der Waals surface area contributed by atoms with E-state index in [1.807, 2.05) is 14.1 Å². The van der Waals surface area contributed by atoms with Crippen LogP contribution in [0.15, 0.2) is 24.3 Å². The first-order chi connectivity index (χ1) is 25.1. The number of hydrogen-bond acceptors (Lipinski definition) is 6. The van der Waals surface area contributed by atoms with E-state index in [-0.39, 0.29) is 18.5 Å². The molecule has 0 aliphatic heterocycles. The van der Waals surface area contributed by atoms with E-state index in [0.717, 1.165) is 57.8 Å². The molecular weight excluding hydrogens is 650 g/mol. The van der Waals surface area contributed by atoms with Crippen molar-refractivity contribution in [2.75, 3.05) is 33.8 Å². The molecule has 0 aromatic carbocycles. The van der Waals surface area contributed by atoms with Crippen LogP contribution in [-0.4, -0.2) is 62.3 Å². The van der Waals surface area contributed by atoms with Gasteiger partial charge in [0.1, 0.15) is 13.2 Å². The Hall–Kier alpha value is -2.15. The molecule has 0 saturated heterocycles. The maximum absolute atomic E-state index is 12.8. The molecular formula is C45H83NO6. The minimum atomic E-state index is -1.10. The van der Waals surface area contributed by atoms with Crippen LogP contribution >= 0.6 is 0 Å². The van der Waals surface area contributed by atoms with E-state index in [0.29, 0.717) is 30.4 Å². The summed E-state index contributed by atoms with van der Waals surface area (Å²) in [6.07, 6.45) is 40.6. The van der Waals surface area contributed by atoms with E-state index >= 15 is 0 Å². The van der Waals surface area contributed by atoms with Crippen LogP contribution < -0.4 is 5.11 Å². The Balaban J connectivity index is 4.33. The van der Waals surface area contributed by atoms with E-state index in [4.69, 9.17) is 9.47 Å². The summed E-state index contributed by atoms with van der Waals surface area (Å²) >= 11 is 0. The summed E-state index contributed by atoms with van der Waals surface area (Å²) in [6, 6.07) is 0. The van der Waals surface area contributed by atoms with E-state index in [9.17, 15) is 19.5 Å². The predicted molar refractivity (Wildman–Crippen MR) is 216 cm³/mol. The summed E-state index contributed by atoms with van der Waals surface area (Å²) in [6.45, 7) is 6.81.